The van der Waals surface area contributed by atoms with Gasteiger partial charge in [0.25, 0.3) is 0 Å². The summed E-state index contributed by atoms with van der Waals surface area (Å²) < 4.78 is 2.39. The van der Waals surface area contributed by atoms with Gasteiger partial charge < -0.3 is 0 Å². The second-order valence-electron chi connectivity index (χ2n) is 11.9. The summed E-state index contributed by atoms with van der Waals surface area (Å²) in [7, 11) is -1.69. The smallest absolute Gasteiger partial charge is 0.218 e. The van der Waals surface area contributed by atoms with Crippen molar-refractivity contribution in [3.63, 3.8) is 0 Å². The molecule has 194 valence electrons. The number of fused-ring (bicyclic) bond motifs is 6. The highest BCUT2D eigenvalue weighted by Gasteiger charge is 2.36. The van der Waals surface area contributed by atoms with E-state index in [2.05, 4.69) is 122 Å². The number of aromatic nitrogens is 1. The fourth-order valence-electron chi connectivity index (χ4n) is 6.41. The van der Waals surface area contributed by atoms with Crippen LogP contribution in [0.1, 0.15) is 35.4 Å². The Bertz CT molecular complexity index is 1610. The van der Waals surface area contributed by atoms with Crippen molar-refractivity contribution >= 4 is 24.7 Å². The third-order valence-electron chi connectivity index (χ3n) is 8.38. The molecule has 39 heavy (non-hydrogen) atoms. The maximum absolute atomic E-state index is 5.29. The summed E-state index contributed by atoms with van der Waals surface area (Å²) in [5.41, 5.74) is 11.3. The van der Waals surface area contributed by atoms with E-state index in [1.165, 1.54) is 44.3 Å². The van der Waals surface area contributed by atoms with Gasteiger partial charge in [-0.25, -0.2) is 0 Å². The number of aryl methyl sites for hydroxylation is 1. The molecule has 1 aromatic heterocycles. The van der Waals surface area contributed by atoms with Crippen LogP contribution in [0.4, 0.5) is 0 Å². The monoisotopic (exact) mass is 525 g/mol. The van der Waals surface area contributed by atoms with Crippen molar-refractivity contribution in [2.75, 3.05) is 0 Å². The molecule has 2 nitrogen and oxygen atoms in total. The Kier molecular flexibility index (Phi) is 6.56. The zero-order valence-electron chi connectivity index (χ0n) is 23.3. The van der Waals surface area contributed by atoms with Crippen molar-refractivity contribution in [1.82, 2.24) is 0 Å². The van der Waals surface area contributed by atoms with E-state index in [4.69, 9.17) is 11.6 Å². The average molecular weight is 526 g/mol. The van der Waals surface area contributed by atoms with E-state index < -0.39 is 8.07 Å². The number of hydrogen-bond donors (Lipinski definition) is 0. The molecule has 3 heterocycles. The van der Waals surface area contributed by atoms with E-state index in [1.807, 2.05) is 6.08 Å². The Labute approximate surface area is 234 Å². The van der Waals surface area contributed by atoms with Crippen LogP contribution >= 0.6 is 0 Å². The highest BCUT2D eigenvalue weighted by Crippen LogP contribution is 2.39. The van der Waals surface area contributed by atoms with E-state index >= 15 is 0 Å². The molecule has 0 saturated carbocycles. The summed E-state index contributed by atoms with van der Waals surface area (Å²) in [6.07, 6.45) is 7.20. The predicted molar refractivity (Wildman–Crippen MR) is 168 cm³/mol. The molecule has 3 heteroatoms. The molecule has 0 spiro atoms. The normalized spacial score (nSPS) is 18.6. The Morgan fingerprint density at radius 2 is 1.56 bits per heavy atom. The van der Waals surface area contributed by atoms with Gasteiger partial charge in [0.2, 0.25) is 5.69 Å². The Balaban J connectivity index is 1.58. The quantitative estimate of drug-likeness (QED) is 0.192. The third kappa shape index (κ3) is 4.66. The standard InChI is InChI=1S/C36H37N2Si/c1-6-33-30-19-13-12-18-29(30)31-21-20-27-16-10-11-17-28(27)35-23-32(26-14-8-7-9-15-26)36(39(3,4)5)24-38(35)25(2)22-34(31)37-33/h6-19,23-24,31,34H,1-2,20-22H2,3-5H3/q+1. The van der Waals surface area contributed by atoms with Crippen LogP contribution in [-0.4, -0.2) is 19.8 Å². The molecular weight excluding hydrogens is 488 g/mol. The zero-order valence-corrected chi connectivity index (χ0v) is 24.3. The number of pyridine rings is 1. The van der Waals surface area contributed by atoms with E-state index in [0.717, 1.165) is 30.7 Å². The topological polar surface area (TPSA) is 16.2 Å². The fourth-order valence-corrected chi connectivity index (χ4v) is 7.95. The molecule has 2 aliphatic rings. The minimum Gasteiger partial charge on any atom is -0.280 e. The lowest BCUT2D eigenvalue weighted by atomic mass is 9.78. The molecular formula is C36H37N2Si+. The Hall–Kier alpha value is -3.82. The summed E-state index contributed by atoms with van der Waals surface area (Å²) in [4.78, 5) is 5.29. The van der Waals surface area contributed by atoms with Gasteiger partial charge in [-0.15, -0.1) is 0 Å². The summed E-state index contributed by atoms with van der Waals surface area (Å²) in [5.74, 6) is 0.344. The minimum atomic E-state index is -1.69. The van der Waals surface area contributed by atoms with Crippen molar-refractivity contribution in [3.05, 3.63) is 127 Å². The Morgan fingerprint density at radius 3 is 2.31 bits per heavy atom. The highest BCUT2D eigenvalue weighted by atomic mass is 28.3. The van der Waals surface area contributed by atoms with Gasteiger partial charge in [-0.1, -0.05) is 99.0 Å². The number of aliphatic imine (C=N–C) groups is 1. The average Bonchev–Trinajstić information content (AvgIpc) is 2.95. The molecule has 4 aromatic rings. The molecule has 0 amide bonds. The van der Waals surface area contributed by atoms with E-state index in [9.17, 15) is 0 Å². The number of nitrogens with zero attached hydrogens (tertiary/aromatic N) is 2. The molecule has 0 radical (unpaired) electrons. The van der Waals surface area contributed by atoms with Gasteiger partial charge in [-0.2, -0.15) is 4.57 Å². The molecule has 6 rings (SSSR count). The maximum atomic E-state index is 5.29. The molecule has 0 saturated heterocycles. The predicted octanol–water partition coefficient (Wildman–Crippen LogP) is 7.80. The SMILES string of the molecule is C=CC1=NC2CC(=C)[n+]3cc([Si](C)(C)C)c(-c4ccccc4)cc3-c3ccccc3CCC2c2ccccc21. The first kappa shape index (κ1) is 25.5. The van der Waals surface area contributed by atoms with Gasteiger partial charge >= 0.3 is 0 Å². The lowest BCUT2D eigenvalue weighted by Crippen LogP contribution is -2.48. The van der Waals surface area contributed by atoms with Gasteiger partial charge in [0.1, 0.15) is 0 Å². The molecule has 0 bridgehead atoms. The summed E-state index contributed by atoms with van der Waals surface area (Å²) in [6, 6.07) is 31.2. The van der Waals surface area contributed by atoms with Crippen LogP contribution in [-0.2, 0) is 6.42 Å². The molecule has 2 unspecified atom stereocenters. The fraction of sp³-hybridized carbons (Fsp3) is 0.222. The Morgan fingerprint density at radius 1 is 0.872 bits per heavy atom. The second kappa shape index (κ2) is 10.1. The maximum Gasteiger partial charge on any atom is 0.218 e. The highest BCUT2D eigenvalue weighted by molar-refractivity contribution is 6.89. The van der Waals surface area contributed by atoms with Crippen LogP contribution in [0.25, 0.3) is 28.1 Å². The van der Waals surface area contributed by atoms with E-state index in [-0.39, 0.29) is 6.04 Å². The second-order valence-corrected chi connectivity index (χ2v) is 17.0. The van der Waals surface area contributed by atoms with Crippen LogP contribution in [0, 0.1) is 0 Å². The van der Waals surface area contributed by atoms with Crippen molar-refractivity contribution in [2.24, 2.45) is 4.99 Å². The van der Waals surface area contributed by atoms with E-state index in [0.29, 0.717) is 5.92 Å². The van der Waals surface area contributed by atoms with Gasteiger partial charge in [0.15, 0.2) is 11.9 Å². The molecule has 0 N–H and O–H groups in total. The van der Waals surface area contributed by atoms with Crippen molar-refractivity contribution < 1.29 is 4.57 Å². The van der Waals surface area contributed by atoms with Gasteiger partial charge in [-0.05, 0) is 53.8 Å². The molecule has 0 fully saturated rings. The third-order valence-corrected chi connectivity index (χ3v) is 10.4. The number of rotatable bonds is 3. The molecule has 2 atom stereocenters. The molecule has 3 aromatic carbocycles. The minimum absolute atomic E-state index is 0.134. The van der Waals surface area contributed by atoms with Crippen molar-refractivity contribution in [3.8, 4) is 22.4 Å². The van der Waals surface area contributed by atoms with Gasteiger partial charge in [0, 0.05) is 28.3 Å². The molecule has 2 aliphatic heterocycles. The zero-order chi connectivity index (χ0) is 27.1. The lowest BCUT2D eigenvalue weighted by molar-refractivity contribution is -0.570. The van der Waals surface area contributed by atoms with Gasteiger partial charge in [0.05, 0.1) is 26.2 Å². The van der Waals surface area contributed by atoms with E-state index in [1.54, 1.807) is 0 Å². The largest absolute Gasteiger partial charge is 0.280 e. The van der Waals surface area contributed by atoms with Crippen LogP contribution in [0.3, 0.4) is 0 Å². The van der Waals surface area contributed by atoms with Crippen LogP contribution in [0.5, 0.6) is 0 Å². The van der Waals surface area contributed by atoms with Crippen LogP contribution in [0.15, 0.2) is 115 Å². The number of benzene rings is 3. The summed E-state index contributed by atoms with van der Waals surface area (Å²) in [6.45, 7) is 16.1. The number of allylic oxidation sites excluding steroid dienone is 1. The number of hydrogen-bond acceptors (Lipinski definition) is 1. The summed E-state index contributed by atoms with van der Waals surface area (Å²) >= 11 is 0. The first-order valence-corrected chi connectivity index (χ1v) is 17.6. The van der Waals surface area contributed by atoms with Crippen LogP contribution < -0.4 is 9.75 Å². The van der Waals surface area contributed by atoms with Gasteiger partial charge in [-0.3, -0.25) is 4.99 Å². The lowest BCUT2D eigenvalue weighted by Gasteiger charge is -2.32. The molecule has 0 aliphatic carbocycles. The van der Waals surface area contributed by atoms with Crippen molar-refractivity contribution in [1.29, 1.82) is 0 Å². The van der Waals surface area contributed by atoms with Crippen LogP contribution in [0.2, 0.25) is 19.6 Å². The first-order chi connectivity index (χ1) is 18.8. The van der Waals surface area contributed by atoms with Crippen molar-refractivity contribution in [2.45, 2.75) is 50.9 Å². The first-order valence-electron chi connectivity index (χ1n) is 14.1. The summed E-state index contributed by atoms with van der Waals surface area (Å²) in [5, 5.41) is 1.45.